The van der Waals surface area contributed by atoms with Crippen molar-refractivity contribution in [3.8, 4) is 5.75 Å². The van der Waals surface area contributed by atoms with Gasteiger partial charge in [0.15, 0.2) is 6.29 Å². The fourth-order valence-corrected chi connectivity index (χ4v) is 1.64. The molecule has 0 fully saturated rings. The van der Waals surface area contributed by atoms with E-state index in [2.05, 4.69) is 4.98 Å². The van der Waals surface area contributed by atoms with E-state index in [1.165, 1.54) is 0 Å². The van der Waals surface area contributed by atoms with E-state index >= 15 is 0 Å². The lowest BCUT2D eigenvalue weighted by molar-refractivity contribution is 0.112. The van der Waals surface area contributed by atoms with Crippen LogP contribution in [-0.4, -0.2) is 18.4 Å². The Morgan fingerprint density at radius 3 is 2.86 bits per heavy atom. The van der Waals surface area contributed by atoms with Crippen molar-refractivity contribution < 1.29 is 9.53 Å². The second kappa shape index (κ2) is 3.18. The van der Waals surface area contributed by atoms with Gasteiger partial charge in [0.25, 0.3) is 0 Å². The van der Waals surface area contributed by atoms with Crippen LogP contribution in [0.2, 0.25) is 0 Å². The van der Waals surface area contributed by atoms with Crippen LogP contribution in [0.4, 0.5) is 0 Å². The van der Waals surface area contributed by atoms with Crippen molar-refractivity contribution in [1.82, 2.24) is 4.98 Å². The summed E-state index contributed by atoms with van der Waals surface area (Å²) >= 11 is 0. The van der Waals surface area contributed by atoms with E-state index in [1.54, 1.807) is 7.11 Å². The smallest absolute Gasteiger partial charge is 0.166 e. The Balaban J connectivity index is 2.74. The molecule has 0 atom stereocenters. The summed E-state index contributed by atoms with van der Waals surface area (Å²) in [5.74, 6) is 0.842. The number of H-pyrrole nitrogens is 1. The standard InChI is InChI=1S/C11H11NO2/c1-7-9-5-8(6-13)12-10(9)3-4-11(7)14-2/h3-6,12H,1-2H3. The topological polar surface area (TPSA) is 42.1 Å². The molecule has 1 N–H and O–H groups in total. The number of aryl methyl sites for hydroxylation is 1. The number of aromatic nitrogens is 1. The van der Waals surface area contributed by atoms with Crippen molar-refractivity contribution >= 4 is 17.2 Å². The van der Waals surface area contributed by atoms with Gasteiger partial charge in [-0.2, -0.15) is 0 Å². The van der Waals surface area contributed by atoms with Crippen LogP contribution >= 0.6 is 0 Å². The van der Waals surface area contributed by atoms with Gasteiger partial charge in [-0.05, 0) is 25.1 Å². The van der Waals surface area contributed by atoms with E-state index in [0.29, 0.717) is 5.69 Å². The van der Waals surface area contributed by atoms with E-state index in [0.717, 1.165) is 28.5 Å². The number of hydrogen-bond acceptors (Lipinski definition) is 2. The van der Waals surface area contributed by atoms with Crippen molar-refractivity contribution in [2.45, 2.75) is 6.92 Å². The van der Waals surface area contributed by atoms with Crippen LogP contribution < -0.4 is 4.74 Å². The number of hydrogen-bond donors (Lipinski definition) is 1. The number of nitrogens with one attached hydrogen (secondary N) is 1. The number of aromatic amines is 1. The number of carbonyl (C=O) groups is 1. The average Bonchev–Trinajstić information content (AvgIpc) is 2.62. The molecule has 3 heteroatoms. The molecule has 0 aliphatic carbocycles. The van der Waals surface area contributed by atoms with Crippen LogP contribution in [0.5, 0.6) is 5.75 Å². The molecule has 0 amide bonds. The maximum Gasteiger partial charge on any atom is 0.166 e. The number of ether oxygens (including phenoxy) is 1. The molecule has 2 aromatic rings. The van der Waals surface area contributed by atoms with Crippen LogP contribution in [0.15, 0.2) is 18.2 Å². The zero-order chi connectivity index (χ0) is 10.1. The average molecular weight is 189 g/mol. The molecular formula is C11H11NO2. The van der Waals surface area contributed by atoms with Crippen LogP contribution in [0.25, 0.3) is 10.9 Å². The van der Waals surface area contributed by atoms with Crippen molar-refractivity contribution in [1.29, 1.82) is 0 Å². The SMILES string of the molecule is COc1ccc2[nH]c(C=O)cc2c1C. The number of rotatable bonds is 2. The second-order valence-corrected chi connectivity index (χ2v) is 3.20. The van der Waals surface area contributed by atoms with Gasteiger partial charge >= 0.3 is 0 Å². The normalized spacial score (nSPS) is 10.4. The van der Waals surface area contributed by atoms with Gasteiger partial charge in [-0.1, -0.05) is 0 Å². The first-order valence-electron chi connectivity index (χ1n) is 4.37. The van der Waals surface area contributed by atoms with Crippen molar-refractivity contribution in [2.75, 3.05) is 7.11 Å². The quantitative estimate of drug-likeness (QED) is 0.736. The molecule has 0 radical (unpaired) electrons. The van der Waals surface area contributed by atoms with E-state index < -0.39 is 0 Å². The number of methoxy groups -OCH3 is 1. The van der Waals surface area contributed by atoms with Crippen molar-refractivity contribution in [2.24, 2.45) is 0 Å². The maximum absolute atomic E-state index is 10.6. The number of fused-ring (bicyclic) bond motifs is 1. The minimum absolute atomic E-state index is 0.594. The number of aldehydes is 1. The van der Waals surface area contributed by atoms with Gasteiger partial charge in [0.2, 0.25) is 0 Å². The summed E-state index contributed by atoms with van der Waals surface area (Å²) in [7, 11) is 1.64. The second-order valence-electron chi connectivity index (χ2n) is 3.20. The third kappa shape index (κ3) is 1.18. The molecule has 1 aromatic heterocycles. The number of benzene rings is 1. The molecular weight excluding hydrogens is 178 g/mol. The zero-order valence-corrected chi connectivity index (χ0v) is 8.13. The first-order chi connectivity index (χ1) is 6.76. The Morgan fingerprint density at radius 1 is 1.43 bits per heavy atom. The molecule has 72 valence electrons. The fraction of sp³-hybridized carbons (Fsp3) is 0.182. The molecule has 0 unspecified atom stereocenters. The molecule has 0 aliphatic heterocycles. The summed E-state index contributed by atoms with van der Waals surface area (Å²) in [5, 5.41) is 1.03. The summed E-state index contributed by atoms with van der Waals surface area (Å²) in [6.45, 7) is 1.98. The lowest BCUT2D eigenvalue weighted by atomic mass is 10.1. The predicted molar refractivity (Wildman–Crippen MR) is 55.0 cm³/mol. The highest BCUT2D eigenvalue weighted by molar-refractivity contribution is 5.91. The Hall–Kier alpha value is -1.77. The molecule has 0 saturated carbocycles. The first kappa shape index (κ1) is 8.81. The largest absolute Gasteiger partial charge is 0.496 e. The van der Waals surface area contributed by atoms with Crippen LogP contribution in [0, 0.1) is 6.92 Å². The molecule has 1 aromatic carbocycles. The summed E-state index contributed by atoms with van der Waals surface area (Å²) in [4.78, 5) is 13.6. The maximum atomic E-state index is 10.6. The summed E-state index contributed by atoms with van der Waals surface area (Å²) in [6, 6.07) is 5.64. The molecule has 0 spiro atoms. The molecule has 2 rings (SSSR count). The first-order valence-corrected chi connectivity index (χ1v) is 4.37. The highest BCUT2D eigenvalue weighted by atomic mass is 16.5. The number of carbonyl (C=O) groups excluding carboxylic acids is 1. The fourth-order valence-electron chi connectivity index (χ4n) is 1.64. The van der Waals surface area contributed by atoms with Gasteiger partial charge in [0.1, 0.15) is 5.75 Å². The van der Waals surface area contributed by atoms with E-state index in [4.69, 9.17) is 4.74 Å². The van der Waals surface area contributed by atoms with Crippen molar-refractivity contribution in [3.63, 3.8) is 0 Å². The lowest BCUT2D eigenvalue weighted by Gasteiger charge is -2.04. The van der Waals surface area contributed by atoms with Crippen LogP contribution in [-0.2, 0) is 0 Å². The van der Waals surface area contributed by atoms with Crippen molar-refractivity contribution in [3.05, 3.63) is 29.5 Å². The highest BCUT2D eigenvalue weighted by Gasteiger charge is 2.06. The minimum atomic E-state index is 0.594. The Labute approximate surface area is 81.7 Å². The zero-order valence-electron chi connectivity index (χ0n) is 8.13. The van der Waals surface area contributed by atoms with Gasteiger partial charge in [-0.3, -0.25) is 4.79 Å². The van der Waals surface area contributed by atoms with Gasteiger partial charge in [0.05, 0.1) is 12.8 Å². The van der Waals surface area contributed by atoms with Crippen LogP contribution in [0.3, 0.4) is 0 Å². The molecule has 1 heterocycles. The van der Waals surface area contributed by atoms with E-state index in [9.17, 15) is 4.79 Å². The van der Waals surface area contributed by atoms with Gasteiger partial charge < -0.3 is 9.72 Å². The lowest BCUT2D eigenvalue weighted by Crippen LogP contribution is -1.86. The minimum Gasteiger partial charge on any atom is -0.496 e. The Kier molecular flexibility index (Phi) is 2.00. The molecule has 0 saturated heterocycles. The molecule has 14 heavy (non-hydrogen) atoms. The van der Waals surface area contributed by atoms with Crippen LogP contribution in [0.1, 0.15) is 16.1 Å². The highest BCUT2D eigenvalue weighted by Crippen LogP contribution is 2.26. The third-order valence-electron chi connectivity index (χ3n) is 2.39. The van der Waals surface area contributed by atoms with Gasteiger partial charge in [0, 0.05) is 16.5 Å². The molecule has 0 aliphatic rings. The monoisotopic (exact) mass is 189 g/mol. The Bertz CT molecular complexity index is 485. The summed E-state index contributed by atoms with van der Waals surface area (Å²) < 4.78 is 5.19. The third-order valence-corrected chi connectivity index (χ3v) is 2.39. The van der Waals surface area contributed by atoms with E-state index in [-0.39, 0.29) is 0 Å². The van der Waals surface area contributed by atoms with E-state index in [1.807, 2.05) is 25.1 Å². The molecule has 0 bridgehead atoms. The predicted octanol–water partition coefficient (Wildman–Crippen LogP) is 2.30. The Morgan fingerprint density at radius 2 is 2.21 bits per heavy atom. The summed E-state index contributed by atoms with van der Waals surface area (Å²) in [6.07, 6.45) is 0.811. The summed E-state index contributed by atoms with van der Waals surface area (Å²) in [5.41, 5.74) is 2.61. The van der Waals surface area contributed by atoms with Gasteiger partial charge in [-0.15, -0.1) is 0 Å². The van der Waals surface area contributed by atoms with Gasteiger partial charge in [-0.25, -0.2) is 0 Å². The molecule has 3 nitrogen and oxygen atoms in total.